The van der Waals surface area contributed by atoms with Gasteiger partial charge in [-0.15, -0.1) is 0 Å². The quantitative estimate of drug-likeness (QED) is 0.812. The van der Waals surface area contributed by atoms with E-state index in [2.05, 4.69) is 20.0 Å². The first-order valence-electron chi connectivity index (χ1n) is 9.18. The standard InChI is InChI=1S/C17H25N7O2/c1-12-10-14(24-17(21-12)19-11-20-24)22-4-6-23(7-5-22)16(25)15(18)13-2-8-26-9-3-13/h10-11,13,15H,2-9,18H2,1H3. The van der Waals surface area contributed by atoms with Crippen molar-refractivity contribution in [1.29, 1.82) is 0 Å². The summed E-state index contributed by atoms with van der Waals surface area (Å²) in [5.41, 5.74) is 7.16. The maximum atomic E-state index is 12.8. The molecule has 140 valence electrons. The van der Waals surface area contributed by atoms with Crippen molar-refractivity contribution < 1.29 is 9.53 Å². The van der Waals surface area contributed by atoms with Crippen molar-refractivity contribution in [3.05, 3.63) is 18.1 Å². The zero-order chi connectivity index (χ0) is 18.1. The van der Waals surface area contributed by atoms with Crippen LogP contribution in [0.1, 0.15) is 18.5 Å². The van der Waals surface area contributed by atoms with Crippen LogP contribution in [0.3, 0.4) is 0 Å². The fourth-order valence-electron chi connectivity index (χ4n) is 3.78. The van der Waals surface area contributed by atoms with Gasteiger partial charge in [0.25, 0.3) is 5.78 Å². The predicted molar refractivity (Wildman–Crippen MR) is 95.8 cm³/mol. The maximum absolute atomic E-state index is 12.8. The van der Waals surface area contributed by atoms with Gasteiger partial charge in [0.2, 0.25) is 5.91 Å². The summed E-state index contributed by atoms with van der Waals surface area (Å²) in [6.45, 7) is 6.16. The number of hydrogen-bond acceptors (Lipinski definition) is 7. The van der Waals surface area contributed by atoms with Crippen LogP contribution >= 0.6 is 0 Å². The summed E-state index contributed by atoms with van der Waals surface area (Å²) in [4.78, 5) is 25.4. The molecule has 0 saturated carbocycles. The van der Waals surface area contributed by atoms with Crippen LogP contribution in [-0.2, 0) is 9.53 Å². The Morgan fingerprint density at radius 3 is 2.73 bits per heavy atom. The van der Waals surface area contributed by atoms with Crippen molar-refractivity contribution in [1.82, 2.24) is 24.5 Å². The molecular weight excluding hydrogens is 334 g/mol. The monoisotopic (exact) mass is 359 g/mol. The Kier molecular flexibility index (Phi) is 4.73. The number of carbonyl (C=O) groups is 1. The molecule has 2 aromatic heterocycles. The predicted octanol–water partition coefficient (Wildman–Crippen LogP) is -0.165. The van der Waals surface area contributed by atoms with E-state index in [0.29, 0.717) is 32.1 Å². The highest BCUT2D eigenvalue weighted by molar-refractivity contribution is 5.82. The van der Waals surface area contributed by atoms with Gasteiger partial charge in [0.15, 0.2) is 0 Å². The summed E-state index contributed by atoms with van der Waals surface area (Å²) in [7, 11) is 0. The Morgan fingerprint density at radius 1 is 1.27 bits per heavy atom. The lowest BCUT2D eigenvalue weighted by Crippen LogP contribution is -2.55. The number of carbonyl (C=O) groups excluding carboxylic acids is 1. The first-order valence-corrected chi connectivity index (χ1v) is 9.18. The number of hydrogen-bond donors (Lipinski definition) is 1. The summed E-state index contributed by atoms with van der Waals surface area (Å²) < 4.78 is 7.12. The van der Waals surface area contributed by atoms with Crippen molar-refractivity contribution in [2.45, 2.75) is 25.8 Å². The maximum Gasteiger partial charge on any atom is 0.254 e. The molecule has 2 aliphatic heterocycles. The lowest BCUT2D eigenvalue weighted by molar-refractivity contribution is -0.135. The Bertz CT molecular complexity index is 779. The van der Waals surface area contributed by atoms with Gasteiger partial charge in [-0.05, 0) is 25.7 Å². The van der Waals surface area contributed by atoms with E-state index in [1.807, 2.05) is 17.9 Å². The van der Waals surface area contributed by atoms with Gasteiger partial charge >= 0.3 is 0 Å². The molecule has 1 amide bonds. The molecule has 0 radical (unpaired) electrons. The highest BCUT2D eigenvalue weighted by atomic mass is 16.5. The first-order chi connectivity index (χ1) is 12.6. The van der Waals surface area contributed by atoms with Crippen molar-refractivity contribution in [3.8, 4) is 0 Å². The minimum absolute atomic E-state index is 0.0633. The third-order valence-electron chi connectivity index (χ3n) is 5.34. The van der Waals surface area contributed by atoms with E-state index in [1.165, 1.54) is 6.33 Å². The molecular formula is C17H25N7O2. The van der Waals surface area contributed by atoms with E-state index in [-0.39, 0.29) is 11.8 Å². The number of rotatable bonds is 3. The molecule has 2 fully saturated rings. The Morgan fingerprint density at radius 2 is 2.00 bits per heavy atom. The van der Waals surface area contributed by atoms with Crippen LogP contribution in [0, 0.1) is 12.8 Å². The molecule has 2 saturated heterocycles. The second-order valence-corrected chi connectivity index (χ2v) is 7.02. The third kappa shape index (κ3) is 3.24. The number of fused-ring (bicyclic) bond motifs is 1. The summed E-state index contributed by atoms with van der Waals surface area (Å²) in [6, 6.07) is 1.59. The number of anilines is 1. The average molecular weight is 359 g/mol. The lowest BCUT2D eigenvalue weighted by Gasteiger charge is -2.38. The highest BCUT2D eigenvalue weighted by Crippen LogP contribution is 2.21. The topological polar surface area (TPSA) is 102 Å². The van der Waals surface area contributed by atoms with Gasteiger partial charge in [0, 0.05) is 51.2 Å². The SMILES string of the molecule is Cc1cc(N2CCN(C(=O)C(N)C3CCOCC3)CC2)n2ncnc2n1. The number of piperazine rings is 1. The lowest BCUT2D eigenvalue weighted by atomic mass is 9.91. The molecule has 0 spiro atoms. The average Bonchev–Trinajstić information content (AvgIpc) is 3.15. The van der Waals surface area contributed by atoms with Crippen molar-refractivity contribution in [3.63, 3.8) is 0 Å². The zero-order valence-corrected chi connectivity index (χ0v) is 15.0. The number of ether oxygens (including phenoxy) is 1. The molecule has 2 aliphatic rings. The molecule has 0 bridgehead atoms. The number of nitrogens with zero attached hydrogens (tertiary/aromatic N) is 6. The van der Waals surface area contributed by atoms with Gasteiger partial charge in [-0.3, -0.25) is 4.79 Å². The molecule has 0 aliphatic carbocycles. The third-order valence-corrected chi connectivity index (χ3v) is 5.34. The molecule has 4 heterocycles. The Labute approximate surface area is 152 Å². The fraction of sp³-hybridized carbons (Fsp3) is 0.647. The second-order valence-electron chi connectivity index (χ2n) is 7.02. The van der Waals surface area contributed by atoms with Crippen molar-refractivity contribution in [2.75, 3.05) is 44.3 Å². The normalized spacial score (nSPS) is 20.5. The van der Waals surface area contributed by atoms with E-state index in [0.717, 1.165) is 37.4 Å². The first kappa shape index (κ1) is 17.2. The van der Waals surface area contributed by atoms with Gasteiger partial charge < -0.3 is 20.3 Å². The summed E-state index contributed by atoms with van der Waals surface area (Å²) in [5.74, 6) is 1.85. The summed E-state index contributed by atoms with van der Waals surface area (Å²) in [6.07, 6.45) is 3.25. The van der Waals surface area contributed by atoms with Crippen LogP contribution in [0.15, 0.2) is 12.4 Å². The van der Waals surface area contributed by atoms with E-state index in [4.69, 9.17) is 10.5 Å². The smallest absolute Gasteiger partial charge is 0.254 e. The van der Waals surface area contributed by atoms with Gasteiger partial charge in [-0.2, -0.15) is 14.6 Å². The minimum Gasteiger partial charge on any atom is -0.381 e. The van der Waals surface area contributed by atoms with Gasteiger partial charge in [-0.25, -0.2) is 4.98 Å². The van der Waals surface area contributed by atoms with Gasteiger partial charge in [-0.1, -0.05) is 0 Å². The van der Waals surface area contributed by atoms with Crippen molar-refractivity contribution >= 4 is 17.5 Å². The molecule has 1 unspecified atom stereocenters. The molecule has 9 heteroatoms. The van der Waals surface area contributed by atoms with Crippen LogP contribution in [0.5, 0.6) is 0 Å². The molecule has 2 N–H and O–H groups in total. The molecule has 1 atom stereocenters. The van der Waals surface area contributed by atoms with Crippen LogP contribution in [0.25, 0.3) is 5.78 Å². The highest BCUT2D eigenvalue weighted by Gasteiger charge is 2.32. The minimum atomic E-state index is -0.421. The van der Waals surface area contributed by atoms with Gasteiger partial charge in [0.1, 0.15) is 12.1 Å². The Balaban J connectivity index is 1.42. The van der Waals surface area contributed by atoms with Gasteiger partial charge in [0.05, 0.1) is 6.04 Å². The number of aromatic nitrogens is 4. The molecule has 9 nitrogen and oxygen atoms in total. The van der Waals surface area contributed by atoms with Crippen molar-refractivity contribution in [2.24, 2.45) is 11.7 Å². The van der Waals surface area contributed by atoms with E-state index in [9.17, 15) is 4.79 Å². The summed E-state index contributed by atoms with van der Waals surface area (Å²) in [5, 5.41) is 4.27. The van der Waals surface area contributed by atoms with E-state index >= 15 is 0 Å². The molecule has 4 rings (SSSR count). The molecule has 2 aromatic rings. The van der Waals surface area contributed by atoms with E-state index < -0.39 is 6.04 Å². The molecule has 26 heavy (non-hydrogen) atoms. The van der Waals surface area contributed by atoms with Crippen LogP contribution in [0.2, 0.25) is 0 Å². The van der Waals surface area contributed by atoms with Crippen LogP contribution in [-0.4, -0.2) is 75.8 Å². The van der Waals surface area contributed by atoms with Crippen LogP contribution < -0.4 is 10.6 Å². The summed E-state index contributed by atoms with van der Waals surface area (Å²) >= 11 is 0. The Hall–Kier alpha value is -2.26. The largest absolute Gasteiger partial charge is 0.381 e. The fourth-order valence-corrected chi connectivity index (χ4v) is 3.78. The zero-order valence-electron chi connectivity index (χ0n) is 15.0. The second kappa shape index (κ2) is 7.16. The number of amides is 1. The van der Waals surface area contributed by atoms with Crippen LogP contribution in [0.4, 0.5) is 5.82 Å². The number of aryl methyl sites for hydroxylation is 1. The molecule has 0 aromatic carbocycles. The van der Waals surface area contributed by atoms with E-state index in [1.54, 1.807) is 4.52 Å². The number of nitrogens with two attached hydrogens (primary N) is 1.